The van der Waals surface area contributed by atoms with E-state index in [1.807, 2.05) is 6.92 Å². The highest BCUT2D eigenvalue weighted by Gasteiger charge is 2.66. The largest absolute Gasteiger partial charge is 0.743 e. The van der Waals surface area contributed by atoms with Crippen molar-refractivity contribution in [1.29, 1.82) is 0 Å². The molecule has 0 heterocycles. The Labute approximate surface area is 265 Å². The average Bonchev–Trinajstić information content (AvgIpc) is 3.29. The first-order valence-corrected chi connectivity index (χ1v) is 17.2. The van der Waals surface area contributed by atoms with Crippen molar-refractivity contribution in [2.45, 2.75) is 121 Å². The Kier molecular flexibility index (Phi) is 10.5. The van der Waals surface area contributed by atoms with Crippen molar-refractivity contribution in [2.75, 3.05) is 6.61 Å². The summed E-state index contributed by atoms with van der Waals surface area (Å²) in [5.74, 6) is -2.43. The number of halogens is 5. The maximum atomic E-state index is 13.5. The van der Waals surface area contributed by atoms with Crippen molar-refractivity contribution in [2.24, 2.45) is 46.3 Å². The van der Waals surface area contributed by atoms with Crippen LogP contribution in [0.4, 0.5) is 22.0 Å². The van der Waals surface area contributed by atoms with Gasteiger partial charge in [0.2, 0.25) is 0 Å². The molecule has 0 spiro atoms. The van der Waals surface area contributed by atoms with E-state index >= 15 is 0 Å². The van der Waals surface area contributed by atoms with E-state index in [1.54, 1.807) is 0 Å². The van der Waals surface area contributed by atoms with Crippen LogP contribution in [0.1, 0.15) is 85.0 Å². The highest BCUT2D eigenvalue weighted by molar-refractivity contribution is 7.86. The van der Waals surface area contributed by atoms with Crippen LogP contribution in [0.3, 0.4) is 0 Å². The minimum Gasteiger partial charge on any atom is -0.743 e. The van der Waals surface area contributed by atoms with E-state index in [0.29, 0.717) is 32.1 Å². The van der Waals surface area contributed by atoms with Gasteiger partial charge in [-0.2, -0.15) is 22.0 Å². The summed E-state index contributed by atoms with van der Waals surface area (Å²) in [6, 6.07) is 0. The molecule has 0 aromatic heterocycles. The Morgan fingerprint density at radius 1 is 0.957 bits per heavy atom. The molecule has 10 nitrogen and oxygen atoms in total. The Hall–Kier alpha value is -1.62. The molecule has 0 aromatic rings. The number of fused-ring (bicyclic) bond motifs is 5. The molecule has 4 aliphatic rings. The summed E-state index contributed by atoms with van der Waals surface area (Å²) in [6.07, 6.45) is -8.10. The summed E-state index contributed by atoms with van der Waals surface area (Å²) in [4.78, 5) is 24.1. The molecule has 0 amide bonds. The average molecular weight is 692 g/mol. The molecule has 4 fully saturated rings. The van der Waals surface area contributed by atoms with E-state index in [-0.39, 0.29) is 53.4 Å². The van der Waals surface area contributed by atoms with Gasteiger partial charge in [-0.15, -0.1) is 0 Å². The highest BCUT2D eigenvalue weighted by atomic mass is 32.2. The van der Waals surface area contributed by atoms with E-state index in [4.69, 9.17) is 4.74 Å². The summed E-state index contributed by atoms with van der Waals surface area (Å²) in [6.45, 7) is 5.41. The van der Waals surface area contributed by atoms with Gasteiger partial charge < -0.3 is 29.3 Å². The van der Waals surface area contributed by atoms with Crippen molar-refractivity contribution in [1.82, 2.24) is 0 Å². The fourth-order valence-corrected chi connectivity index (χ4v) is 10.1. The second-order valence-electron chi connectivity index (χ2n) is 14.4. The zero-order chi connectivity index (χ0) is 34.6. The fraction of sp³-hybridized carbons (Fsp3) is 0.933. The lowest BCUT2D eigenvalue weighted by Gasteiger charge is -2.63. The Morgan fingerprint density at radius 2 is 1.61 bits per heavy atom. The van der Waals surface area contributed by atoms with E-state index in [9.17, 15) is 59.8 Å². The van der Waals surface area contributed by atoms with Crippen LogP contribution in [0, 0.1) is 46.3 Å². The molecule has 0 radical (unpaired) electrons. The summed E-state index contributed by atoms with van der Waals surface area (Å²) >= 11 is 0. The summed E-state index contributed by atoms with van der Waals surface area (Å²) in [7, 11) is -6.82. The lowest BCUT2D eigenvalue weighted by atomic mass is 9.43. The smallest absolute Gasteiger partial charge is 0.432 e. The van der Waals surface area contributed by atoms with Crippen LogP contribution < -0.4 is 0 Å². The third kappa shape index (κ3) is 6.79. The van der Waals surface area contributed by atoms with Crippen LogP contribution in [0.5, 0.6) is 0 Å². The number of hydrogen-bond acceptors (Lipinski definition) is 10. The topological polar surface area (TPSA) is 170 Å². The molecule has 46 heavy (non-hydrogen) atoms. The lowest BCUT2D eigenvalue weighted by Crippen LogP contribution is -2.62. The minimum absolute atomic E-state index is 0.0115. The SMILES string of the molecule is C[C@H](CCC(=O)OCCC(=O)OC(C(F)(F)F)C(F)(F)S(=O)(=O)[O-])[C@H]1CC[C@H]2[C@@H]3C(O)C[C@@H]4CC(O)CC[C@]4(C)[C@H]3CC(O)[C@]12C. The Balaban J connectivity index is 1.31. The number of aliphatic hydroxyl groups excluding tert-OH is 3. The second-order valence-corrected chi connectivity index (χ2v) is 15.9. The molecule has 0 saturated heterocycles. The minimum atomic E-state index is -6.82. The van der Waals surface area contributed by atoms with E-state index in [2.05, 4.69) is 18.6 Å². The molecule has 0 aromatic carbocycles. The first kappa shape index (κ1) is 37.2. The number of ether oxygens (including phenoxy) is 2. The second kappa shape index (κ2) is 13.0. The van der Waals surface area contributed by atoms with E-state index in [1.165, 1.54) is 0 Å². The normalized spacial score (nSPS) is 39.4. The van der Waals surface area contributed by atoms with Gasteiger partial charge in [0.25, 0.3) is 6.10 Å². The molecule has 4 rings (SSSR count). The van der Waals surface area contributed by atoms with Gasteiger partial charge in [0, 0.05) is 6.42 Å². The van der Waals surface area contributed by atoms with Gasteiger partial charge in [-0.05, 0) is 97.7 Å². The zero-order valence-corrected chi connectivity index (χ0v) is 26.9. The monoisotopic (exact) mass is 691 g/mol. The van der Waals surface area contributed by atoms with Crippen LogP contribution >= 0.6 is 0 Å². The number of alkyl halides is 5. The van der Waals surface area contributed by atoms with Crippen LogP contribution in [0.2, 0.25) is 0 Å². The molecule has 4 aliphatic carbocycles. The Bertz CT molecular complexity index is 1250. The Morgan fingerprint density at radius 3 is 2.22 bits per heavy atom. The van der Waals surface area contributed by atoms with Crippen LogP contribution in [0.15, 0.2) is 0 Å². The predicted molar refractivity (Wildman–Crippen MR) is 149 cm³/mol. The van der Waals surface area contributed by atoms with Crippen molar-refractivity contribution < 1.29 is 69.3 Å². The fourth-order valence-electron chi connectivity index (χ4n) is 9.65. The molecule has 4 saturated carbocycles. The number of hydrogen-bond donors (Lipinski definition) is 3. The lowest BCUT2D eigenvalue weighted by molar-refractivity contribution is -0.259. The quantitative estimate of drug-likeness (QED) is 0.173. The van der Waals surface area contributed by atoms with Crippen LogP contribution in [-0.2, 0) is 29.2 Å². The van der Waals surface area contributed by atoms with E-state index < -0.39 is 70.2 Å². The number of carbonyl (C=O) groups excluding carboxylic acids is 2. The third-order valence-electron chi connectivity index (χ3n) is 12.1. The van der Waals surface area contributed by atoms with Gasteiger partial charge in [0.15, 0.2) is 10.1 Å². The number of esters is 2. The van der Waals surface area contributed by atoms with Gasteiger partial charge in [0.1, 0.15) is 6.61 Å². The molecule has 266 valence electrons. The maximum absolute atomic E-state index is 13.5. The van der Waals surface area contributed by atoms with Gasteiger partial charge in [-0.3, -0.25) is 9.59 Å². The van der Waals surface area contributed by atoms with Crippen molar-refractivity contribution in [3.63, 3.8) is 0 Å². The standard InChI is InChI=1S/C30H45F5O10S/c1-15(4-7-23(39)44-11-9-24(40)45-26(29(31,32)33)30(34,35)46(41,42)43)18-5-6-19-25-20(14-22(38)28(18,19)3)27(2)10-8-17(36)12-16(27)13-21(25)37/h15-22,25-26,36-38H,4-14H2,1-3H3,(H,41,42,43)/p-1/t15-,16+,17?,18-,19+,20+,21?,22?,25+,26?,27+,28-/m1/s1. The van der Waals surface area contributed by atoms with Gasteiger partial charge in [0.05, 0.1) is 24.7 Å². The van der Waals surface area contributed by atoms with Crippen molar-refractivity contribution >= 4 is 22.1 Å². The maximum Gasteiger partial charge on any atom is 0.432 e. The van der Waals surface area contributed by atoms with E-state index in [0.717, 1.165) is 19.3 Å². The van der Waals surface area contributed by atoms with Gasteiger partial charge in [-0.25, -0.2) is 8.42 Å². The third-order valence-corrected chi connectivity index (χ3v) is 13.0. The van der Waals surface area contributed by atoms with Crippen molar-refractivity contribution in [3.05, 3.63) is 0 Å². The molecule has 0 aliphatic heterocycles. The number of rotatable bonds is 10. The predicted octanol–water partition coefficient (Wildman–Crippen LogP) is 3.91. The van der Waals surface area contributed by atoms with Crippen LogP contribution in [-0.4, -0.2) is 82.7 Å². The first-order valence-electron chi connectivity index (χ1n) is 15.8. The summed E-state index contributed by atoms with van der Waals surface area (Å²) < 4.78 is 106. The molecular formula is C30H44F5O10S-. The number of aliphatic hydroxyl groups is 3. The van der Waals surface area contributed by atoms with Gasteiger partial charge >= 0.3 is 23.4 Å². The van der Waals surface area contributed by atoms with Crippen LogP contribution in [0.25, 0.3) is 0 Å². The molecule has 12 atom stereocenters. The molecule has 3 N–H and O–H groups in total. The zero-order valence-electron chi connectivity index (χ0n) is 26.0. The summed E-state index contributed by atoms with van der Waals surface area (Å²) in [5.41, 5.74) is -0.588. The number of carbonyl (C=O) groups is 2. The molecule has 4 unspecified atom stereocenters. The summed E-state index contributed by atoms with van der Waals surface area (Å²) in [5, 5.41) is 27.4. The first-order chi connectivity index (χ1) is 21.0. The molecular weight excluding hydrogens is 647 g/mol. The molecule has 0 bridgehead atoms. The highest BCUT2D eigenvalue weighted by Crippen LogP contribution is 2.68. The molecule has 16 heteroatoms. The van der Waals surface area contributed by atoms with Gasteiger partial charge in [-0.1, -0.05) is 20.8 Å². The van der Waals surface area contributed by atoms with Crippen molar-refractivity contribution in [3.8, 4) is 0 Å².